The summed E-state index contributed by atoms with van der Waals surface area (Å²) in [5.41, 5.74) is 11.8. The Morgan fingerprint density at radius 2 is 0.620 bits per heavy atom. The van der Waals surface area contributed by atoms with Gasteiger partial charge in [-0.2, -0.15) is 0 Å². The van der Waals surface area contributed by atoms with Crippen molar-refractivity contribution >= 4 is 57.6 Å². The van der Waals surface area contributed by atoms with E-state index < -0.39 is 16.1 Å². The van der Waals surface area contributed by atoms with E-state index in [1.165, 1.54) is 86.2 Å². The second-order valence-corrected chi connectivity index (χ2v) is 31.2. The first-order chi connectivity index (χ1) is 44.3. The molecule has 4 nitrogen and oxygen atoms in total. The number of imidazole rings is 2. The maximum absolute atomic E-state index is 5.02. The Hall–Kier alpha value is -9.86. The maximum atomic E-state index is 5.02. The van der Waals surface area contributed by atoms with Gasteiger partial charge < -0.3 is 4.57 Å². The summed E-state index contributed by atoms with van der Waals surface area (Å²) in [7, 11) is -5.36. The molecule has 0 atom stereocenters. The zero-order valence-corrected chi connectivity index (χ0v) is 56.1. The van der Waals surface area contributed by atoms with E-state index in [4.69, 9.17) is 9.97 Å². The van der Waals surface area contributed by atoms with E-state index in [0.717, 1.165) is 22.8 Å². The van der Waals surface area contributed by atoms with Gasteiger partial charge in [-0.3, -0.25) is 9.55 Å². The molecular weight excluding hydrogens is 1330 g/mol. The van der Waals surface area contributed by atoms with Crippen LogP contribution in [0, 0.1) is 6.07 Å². The number of para-hydroxylation sites is 2. The molecule has 14 rings (SSSR count). The van der Waals surface area contributed by atoms with Crippen LogP contribution in [0.25, 0.3) is 56.4 Å². The Labute approximate surface area is 559 Å². The summed E-state index contributed by atoms with van der Waals surface area (Å²) in [5, 5.41) is 10.8. The normalized spacial score (nSPS) is 11.3. The summed E-state index contributed by atoms with van der Waals surface area (Å²) in [6.07, 6.45) is 8.06. The third kappa shape index (κ3) is 12.3. The molecule has 0 saturated heterocycles. The molecule has 0 unspecified atom stereocenters. The number of hydrogen-bond acceptors (Lipinski definition) is 2. The second-order valence-electron chi connectivity index (χ2n) is 23.5. The van der Waals surface area contributed by atoms with Crippen molar-refractivity contribution in [1.82, 2.24) is 19.1 Å². The van der Waals surface area contributed by atoms with Crippen molar-refractivity contribution in [3.05, 3.63) is 363 Å². The predicted molar refractivity (Wildman–Crippen MR) is 390 cm³/mol. The SMILES string of the molecule is C.CC(C)c1cccc(-c2ccccc2)c1-n1ccnc1-c1[c-]ccc([Si](c2ccccc2)(c2ccccc2)c2ccccc2)c1.CC(C)c1cccc(-c2ccccc2)c1-n1ccnc1-c1cccc([Si](c2ccccc2)(c2ccccc2)c2ccccc2)c1.[Ir]. The Balaban J connectivity index is 0.000000184. The molecule has 92 heavy (non-hydrogen) atoms. The molecule has 0 saturated carbocycles. The monoisotopic (exact) mass is 1400 g/mol. The van der Waals surface area contributed by atoms with Crippen LogP contribution in [-0.2, 0) is 20.1 Å². The van der Waals surface area contributed by atoms with Gasteiger partial charge in [-0.05, 0) is 70.4 Å². The molecule has 12 aromatic carbocycles. The molecule has 0 aliphatic heterocycles. The molecular formula is C85H75IrN4Si2-. The maximum Gasteiger partial charge on any atom is 0.179 e. The van der Waals surface area contributed by atoms with Crippen LogP contribution in [0.2, 0.25) is 0 Å². The molecule has 0 spiro atoms. The van der Waals surface area contributed by atoms with E-state index in [9.17, 15) is 0 Å². The first-order valence-corrected chi connectivity index (χ1v) is 35.3. The van der Waals surface area contributed by atoms with Crippen LogP contribution in [0.4, 0.5) is 0 Å². The molecule has 2 heterocycles. The van der Waals surface area contributed by atoms with E-state index in [0.29, 0.717) is 11.8 Å². The Bertz CT molecular complexity index is 4140. The van der Waals surface area contributed by atoms with E-state index in [1.807, 2.05) is 12.4 Å². The van der Waals surface area contributed by atoms with Gasteiger partial charge in [0.15, 0.2) is 16.1 Å². The van der Waals surface area contributed by atoms with E-state index >= 15 is 0 Å². The van der Waals surface area contributed by atoms with Crippen LogP contribution in [0.5, 0.6) is 0 Å². The fourth-order valence-corrected chi connectivity index (χ4v) is 23.1. The van der Waals surface area contributed by atoms with E-state index in [-0.39, 0.29) is 27.5 Å². The summed E-state index contributed by atoms with van der Waals surface area (Å²) >= 11 is 0. The number of aromatic nitrogens is 4. The average Bonchev–Trinajstić information content (AvgIpc) is 1.02. The second kappa shape index (κ2) is 29.0. The quantitative estimate of drug-likeness (QED) is 0.0549. The number of benzene rings is 12. The van der Waals surface area contributed by atoms with Gasteiger partial charge in [0.1, 0.15) is 5.82 Å². The van der Waals surface area contributed by atoms with Gasteiger partial charge in [0.05, 0.1) is 11.5 Å². The smallest absolute Gasteiger partial charge is 0.179 e. The fraction of sp³-hybridized carbons (Fsp3) is 0.0824. The van der Waals surface area contributed by atoms with E-state index in [1.54, 1.807) is 0 Å². The van der Waals surface area contributed by atoms with Gasteiger partial charge in [-0.25, -0.2) is 4.98 Å². The summed E-state index contributed by atoms with van der Waals surface area (Å²) in [4.78, 5) is 10.0. The van der Waals surface area contributed by atoms with Crippen molar-refractivity contribution in [2.75, 3.05) is 0 Å². The van der Waals surface area contributed by atoms with Crippen LogP contribution < -0.4 is 41.5 Å². The first kappa shape index (κ1) is 63.7. The minimum atomic E-state index is -2.69. The van der Waals surface area contributed by atoms with Crippen LogP contribution in [0.15, 0.2) is 346 Å². The van der Waals surface area contributed by atoms with Crippen molar-refractivity contribution in [2.24, 2.45) is 0 Å². The van der Waals surface area contributed by atoms with Gasteiger partial charge >= 0.3 is 0 Å². The fourth-order valence-electron chi connectivity index (χ4n) is 13.5. The molecule has 7 heteroatoms. The number of hydrogen-bond donors (Lipinski definition) is 0. The zero-order valence-electron chi connectivity index (χ0n) is 51.7. The molecule has 14 aromatic rings. The first-order valence-electron chi connectivity index (χ1n) is 31.3. The third-order valence-electron chi connectivity index (χ3n) is 17.6. The third-order valence-corrected chi connectivity index (χ3v) is 27.1. The van der Waals surface area contributed by atoms with Crippen LogP contribution in [-0.4, -0.2) is 35.2 Å². The Morgan fingerprint density at radius 3 is 0.989 bits per heavy atom. The molecule has 0 amide bonds. The van der Waals surface area contributed by atoms with Crippen LogP contribution in [0.3, 0.4) is 0 Å². The van der Waals surface area contributed by atoms with Crippen molar-refractivity contribution in [3.63, 3.8) is 0 Å². The minimum absolute atomic E-state index is 0. The summed E-state index contributed by atoms with van der Waals surface area (Å²) in [6, 6.07) is 120. The van der Waals surface area contributed by atoms with Crippen molar-refractivity contribution in [1.29, 1.82) is 0 Å². The van der Waals surface area contributed by atoms with Crippen LogP contribution >= 0.6 is 0 Å². The molecule has 1 radical (unpaired) electrons. The van der Waals surface area contributed by atoms with Gasteiger partial charge in [0.25, 0.3) is 0 Å². The topological polar surface area (TPSA) is 35.6 Å². The number of rotatable bonds is 16. The van der Waals surface area contributed by atoms with Gasteiger partial charge in [0, 0.05) is 67.3 Å². The van der Waals surface area contributed by atoms with Gasteiger partial charge in [0.2, 0.25) is 0 Å². The summed E-state index contributed by atoms with van der Waals surface area (Å²) in [6.45, 7) is 9.06. The van der Waals surface area contributed by atoms with E-state index in [2.05, 4.69) is 377 Å². The molecule has 453 valence electrons. The largest absolute Gasteiger partial charge is 0.339 e. The minimum Gasteiger partial charge on any atom is -0.339 e. The predicted octanol–water partition coefficient (Wildman–Crippen LogP) is 15.8. The average molecular weight is 1400 g/mol. The molecule has 0 aliphatic rings. The Morgan fingerprint density at radius 1 is 0.315 bits per heavy atom. The molecule has 0 aliphatic carbocycles. The standard InChI is InChI=1S/C42H36N2Si.C42H35N2Si.CH4.Ir/c2*1-32(2)39-27-16-28-40(33-17-7-3-8-18-33)41(39)44-30-29-43-42(44)34-19-15-26-38(31-34)45(35-20-9-4-10-21-35,36-22-11-5-12-23-36)37-24-13-6-14-25-37;;/h3-32H,1-2H3;3-18,20-32H,1-2H3;1H4;/q;-1;;. The molecule has 0 N–H and O–H groups in total. The van der Waals surface area contributed by atoms with Crippen molar-refractivity contribution in [3.8, 4) is 56.4 Å². The summed E-state index contributed by atoms with van der Waals surface area (Å²) in [5.74, 6) is 2.52. The zero-order chi connectivity index (χ0) is 61.3. The van der Waals surface area contributed by atoms with Crippen LogP contribution in [0.1, 0.15) is 58.1 Å². The molecule has 0 bridgehead atoms. The Kier molecular flexibility index (Phi) is 20.1. The van der Waals surface area contributed by atoms with Crippen molar-refractivity contribution in [2.45, 2.75) is 47.0 Å². The molecule has 2 aromatic heterocycles. The van der Waals surface area contributed by atoms with Gasteiger partial charge in [-0.1, -0.05) is 338 Å². The van der Waals surface area contributed by atoms with Crippen molar-refractivity contribution < 1.29 is 20.1 Å². The van der Waals surface area contributed by atoms with Gasteiger partial charge in [-0.15, -0.1) is 35.0 Å². The summed E-state index contributed by atoms with van der Waals surface area (Å²) < 4.78 is 4.57. The number of nitrogens with zero attached hydrogens (tertiary/aromatic N) is 4. The molecule has 0 fully saturated rings.